The highest BCUT2D eigenvalue weighted by molar-refractivity contribution is 6.36. The molecule has 0 bridgehead atoms. The van der Waals surface area contributed by atoms with Gasteiger partial charge in [0.15, 0.2) is 0 Å². The number of amides is 2. The van der Waals surface area contributed by atoms with Gasteiger partial charge in [-0.2, -0.15) is 0 Å². The number of aromatic nitrogens is 1. The predicted octanol–water partition coefficient (Wildman–Crippen LogP) is 4.24. The van der Waals surface area contributed by atoms with Crippen molar-refractivity contribution < 1.29 is 24.2 Å². The van der Waals surface area contributed by atoms with E-state index >= 15 is 0 Å². The number of imide groups is 1. The quantitative estimate of drug-likeness (QED) is 0.470. The smallest absolute Gasteiger partial charge is 0.339 e. The van der Waals surface area contributed by atoms with E-state index in [0.717, 1.165) is 0 Å². The van der Waals surface area contributed by atoms with Crippen LogP contribution in [0.4, 0.5) is 0 Å². The van der Waals surface area contributed by atoms with Crippen LogP contribution in [0.1, 0.15) is 31.1 Å². The number of hydrogen-bond acceptors (Lipinski definition) is 4. The first-order valence-electron chi connectivity index (χ1n) is 9.34. The van der Waals surface area contributed by atoms with Crippen molar-refractivity contribution in [2.45, 2.75) is 0 Å². The number of nitrogens with one attached hydrogen (secondary N) is 1. The van der Waals surface area contributed by atoms with Crippen molar-refractivity contribution in [2.75, 3.05) is 7.11 Å². The van der Waals surface area contributed by atoms with Crippen LogP contribution in [0.2, 0.25) is 5.02 Å². The summed E-state index contributed by atoms with van der Waals surface area (Å²) < 4.78 is 7.07. The van der Waals surface area contributed by atoms with Crippen molar-refractivity contribution in [1.82, 2.24) is 9.88 Å². The second kappa shape index (κ2) is 6.58. The van der Waals surface area contributed by atoms with Crippen LogP contribution in [-0.4, -0.2) is 34.6 Å². The number of carboxylic acid groups (broad SMARTS) is 1. The number of aromatic carboxylic acids is 1. The van der Waals surface area contributed by atoms with E-state index < -0.39 is 17.8 Å². The number of fused-ring (bicyclic) bond motifs is 5. The molecule has 4 aromatic rings. The predicted molar refractivity (Wildman–Crippen MR) is 116 cm³/mol. The second-order valence-corrected chi connectivity index (χ2v) is 7.67. The van der Waals surface area contributed by atoms with E-state index in [1.165, 1.54) is 13.2 Å². The Bertz CT molecular complexity index is 1490. The average Bonchev–Trinajstić information content (AvgIpc) is 3.20. The third-order valence-corrected chi connectivity index (χ3v) is 6.02. The summed E-state index contributed by atoms with van der Waals surface area (Å²) in [5.74, 6) is -1.96. The van der Waals surface area contributed by atoms with Gasteiger partial charge in [-0.25, -0.2) is 4.79 Å². The van der Waals surface area contributed by atoms with Crippen LogP contribution in [0.15, 0.2) is 42.5 Å². The van der Waals surface area contributed by atoms with Crippen LogP contribution in [0.25, 0.3) is 32.9 Å². The summed E-state index contributed by atoms with van der Waals surface area (Å²) in [5, 5.41) is 13.6. The van der Waals surface area contributed by atoms with Gasteiger partial charge < -0.3 is 14.4 Å². The minimum absolute atomic E-state index is 0.00408. The Morgan fingerprint density at radius 1 is 1.03 bits per heavy atom. The van der Waals surface area contributed by atoms with E-state index in [4.69, 9.17) is 16.3 Å². The van der Waals surface area contributed by atoms with E-state index in [0.29, 0.717) is 38.0 Å². The van der Waals surface area contributed by atoms with Crippen LogP contribution >= 0.6 is 11.6 Å². The molecule has 3 aromatic carbocycles. The largest absolute Gasteiger partial charge is 0.496 e. The first-order chi connectivity index (χ1) is 14.8. The molecule has 0 unspecified atom stereocenters. The van der Waals surface area contributed by atoms with E-state index in [9.17, 15) is 19.5 Å². The van der Waals surface area contributed by atoms with Crippen molar-refractivity contribution >= 4 is 51.2 Å². The zero-order valence-electron chi connectivity index (χ0n) is 16.4. The Balaban J connectivity index is 2.00. The molecule has 154 valence electrons. The van der Waals surface area contributed by atoms with Crippen molar-refractivity contribution in [3.8, 4) is 16.9 Å². The maximum atomic E-state index is 12.8. The number of carbonyl (C=O) groups excluding carboxylic acids is 2. The zero-order valence-corrected chi connectivity index (χ0v) is 17.2. The number of methoxy groups -OCH3 is 1. The number of benzene rings is 3. The number of ether oxygens (including phenoxy) is 1. The SMILES string of the molecule is COc1cc2c3c4c(c(-c5ccccc5Cl)cc3n(C)c2cc1C(=O)O)C(=O)NC4=O. The van der Waals surface area contributed by atoms with Crippen LogP contribution in [0, 0.1) is 0 Å². The van der Waals surface area contributed by atoms with Crippen LogP contribution < -0.4 is 10.1 Å². The highest BCUT2D eigenvalue weighted by atomic mass is 35.5. The lowest BCUT2D eigenvalue weighted by Crippen LogP contribution is -2.20. The summed E-state index contributed by atoms with van der Waals surface area (Å²) in [6, 6.07) is 12.0. The van der Waals surface area contributed by atoms with Gasteiger partial charge in [0, 0.05) is 33.9 Å². The molecule has 2 heterocycles. The van der Waals surface area contributed by atoms with Gasteiger partial charge in [-0.05, 0) is 29.8 Å². The number of carboxylic acids is 1. The molecular weight excluding hydrogens is 420 g/mol. The molecule has 5 rings (SSSR count). The number of halogens is 1. The second-order valence-electron chi connectivity index (χ2n) is 7.27. The molecule has 0 radical (unpaired) electrons. The molecule has 1 aliphatic rings. The maximum Gasteiger partial charge on any atom is 0.339 e. The molecule has 2 N–H and O–H groups in total. The highest BCUT2D eigenvalue weighted by Gasteiger charge is 2.35. The van der Waals surface area contributed by atoms with Gasteiger partial charge in [-0.1, -0.05) is 29.8 Å². The first kappa shape index (κ1) is 19.1. The Morgan fingerprint density at radius 2 is 1.74 bits per heavy atom. The van der Waals surface area contributed by atoms with Crippen molar-refractivity contribution in [3.05, 3.63) is 64.2 Å². The molecule has 0 aliphatic carbocycles. The number of rotatable bonds is 3. The average molecular weight is 435 g/mol. The van der Waals surface area contributed by atoms with Gasteiger partial charge in [0.25, 0.3) is 11.8 Å². The fourth-order valence-corrected chi connectivity index (χ4v) is 4.54. The summed E-state index contributed by atoms with van der Waals surface area (Å²) in [6.07, 6.45) is 0. The Morgan fingerprint density at radius 3 is 2.42 bits per heavy atom. The first-order valence-corrected chi connectivity index (χ1v) is 9.72. The minimum Gasteiger partial charge on any atom is -0.496 e. The topological polar surface area (TPSA) is 97.6 Å². The number of aryl methyl sites for hydroxylation is 1. The summed E-state index contributed by atoms with van der Waals surface area (Å²) in [5.41, 5.74) is 2.92. The lowest BCUT2D eigenvalue weighted by atomic mass is 9.92. The molecule has 0 saturated heterocycles. The molecule has 0 saturated carbocycles. The standard InChI is InChI=1S/C23H15ClN2O5/c1-26-15-8-13(23(29)30)17(31-2)9-12(15)18-16(26)7-11(10-5-3-4-6-14(10)24)19-20(18)22(28)25-21(19)27/h3-9H,1-2H3,(H,29,30)(H,25,27,28). The van der Waals surface area contributed by atoms with Crippen LogP contribution in [0.5, 0.6) is 5.75 Å². The maximum absolute atomic E-state index is 12.8. The Hall–Kier alpha value is -3.84. The molecule has 0 atom stereocenters. The minimum atomic E-state index is -1.13. The molecule has 7 nitrogen and oxygen atoms in total. The fraction of sp³-hybridized carbons (Fsp3) is 0.0870. The molecule has 1 aliphatic heterocycles. The van der Waals surface area contributed by atoms with Crippen molar-refractivity contribution in [3.63, 3.8) is 0 Å². The third kappa shape index (κ3) is 2.56. The van der Waals surface area contributed by atoms with Crippen molar-refractivity contribution in [1.29, 1.82) is 0 Å². The molecule has 0 fully saturated rings. The summed E-state index contributed by atoms with van der Waals surface area (Å²) in [4.78, 5) is 37.3. The van der Waals surface area contributed by atoms with E-state index in [1.54, 1.807) is 48.0 Å². The summed E-state index contributed by atoms with van der Waals surface area (Å²) in [6.45, 7) is 0. The van der Waals surface area contributed by atoms with Crippen molar-refractivity contribution in [2.24, 2.45) is 7.05 Å². The molecular formula is C23H15ClN2O5. The van der Waals surface area contributed by atoms with Gasteiger partial charge in [0.1, 0.15) is 11.3 Å². The summed E-state index contributed by atoms with van der Waals surface area (Å²) >= 11 is 6.40. The lowest BCUT2D eigenvalue weighted by molar-refractivity contribution is 0.0692. The normalized spacial score (nSPS) is 13.0. The molecule has 1 aromatic heterocycles. The van der Waals surface area contributed by atoms with E-state index in [-0.39, 0.29) is 22.4 Å². The molecule has 2 amide bonds. The third-order valence-electron chi connectivity index (χ3n) is 5.69. The van der Waals surface area contributed by atoms with Gasteiger partial charge in [0.2, 0.25) is 0 Å². The van der Waals surface area contributed by atoms with Gasteiger partial charge in [-0.3, -0.25) is 14.9 Å². The molecule has 8 heteroatoms. The van der Waals surface area contributed by atoms with E-state index in [1.807, 2.05) is 0 Å². The Labute approximate surface area is 180 Å². The number of hydrogen-bond donors (Lipinski definition) is 2. The number of carbonyl (C=O) groups is 3. The van der Waals surface area contributed by atoms with E-state index in [2.05, 4.69) is 5.32 Å². The molecule has 31 heavy (non-hydrogen) atoms. The monoisotopic (exact) mass is 434 g/mol. The van der Waals surface area contributed by atoms with Gasteiger partial charge >= 0.3 is 5.97 Å². The molecule has 0 spiro atoms. The van der Waals surface area contributed by atoms with Crippen LogP contribution in [-0.2, 0) is 7.05 Å². The van der Waals surface area contributed by atoms with Gasteiger partial charge in [-0.15, -0.1) is 0 Å². The Kier molecular flexibility index (Phi) is 4.06. The lowest BCUT2D eigenvalue weighted by Gasteiger charge is -2.10. The van der Waals surface area contributed by atoms with Crippen LogP contribution in [0.3, 0.4) is 0 Å². The number of nitrogens with zero attached hydrogens (tertiary/aromatic N) is 1. The highest BCUT2D eigenvalue weighted by Crippen LogP contribution is 2.42. The summed E-state index contributed by atoms with van der Waals surface area (Å²) in [7, 11) is 3.16. The fourth-order valence-electron chi connectivity index (χ4n) is 4.30. The van der Waals surface area contributed by atoms with Gasteiger partial charge in [0.05, 0.1) is 23.8 Å². The zero-order chi connectivity index (χ0) is 22.0.